The van der Waals surface area contributed by atoms with Crippen molar-refractivity contribution in [3.05, 3.63) is 91.2 Å². The van der Waals surface area contributed by atoms with Crippen molar-refractivity contribution in [1.82, 2.24) is 4.57 Å². The minimum absolute atomic E-state index is 0.000609. The predicted molar refractivity (Wildman–Crippen MR) is 128 cm³/mol. The van der Waals surface area contributed by atoms with Crippen molar-refractivity contribution in [2.75, 3.05) is 0 Å². The molecule has 1 aromatic heterocycles. The van der Waals surface area contributed by atoms with Crippen molar-refractivity contribution in [2.24, 2.45) is 10.6 Å². The van der Waals surface area contributed by atoms with E-state index in [-0.39, 0.29) is 21.7 Å². The number of nitro groups is 1. The van der Waals surface area contributed by atoms with Crippen LogP contribution in [0.3, 0.4) is 0 Å². The molecular weight excluding hydrogens is 465 g/mol. The molecule has 1 aliphatic rings. The molecule has 0 spiro atoms. The van der Waals surface area contributed by atoms with E-state index < -0.39 is 10.9 Å². The monoisotopic (exact) mass is 485 g/mol. The van der Waals surface area contributed by atoms with E-state index in [4.69, 9.17) is 28.0 Å². The molecule has 9 heteroatoms. The van der Waals surface area contributed by atoms with Gasteiger partial charge in [0.15, 0.2) is 0 Å². The summed E-state index contributed by atoms with van der Waals surface area (Å²) < 4.78 is 2.16. The molecule has 7 nitrogen and oxygen atoms in total. The summed E-state index contributed by atoms with van der Waals surface area (Å²) in [6, 6.07) is 13.4. The number of carbonyl (C=O) groups is 1. The Morgan fingerprint density at radius 2 is 1.82 bits per heavy atom. The molecule has 1 heterocycles. The topological polar surface area (TPSA) is 86.7 Å². The quantitative estimate of drug-likeness (QED) is 0.238. The van der Waals surface area contributed by atoms with Crippen LogP contribution in [-0.2, 0) is 11.3 Å². The van der Waals surface area contributed by atoms with Gasteiger partial charge in [-0.1, -0.05) is 42.2 Å². The van der Waals surface area contributed by atoms with Gasteiger partial charge >= 0.3 is 5.97 Å². The number of halogens is 2. The van der Waals surface area contributed by atoms with Crippen LogP contribution in [0.25, 0.3) is 5.69 Å². The summed E-state index contributed by atoms with van der Waals surface area (Å²) in [5, 5.41) is 15.9. The lowest BCUT2D eigenvalue weighted by atomic mass is 9.76. The molecule has 170 valence electrons. The standard InChI is InChI=1S/C24H21Cl2N3O4/c1-14-10-18-20(27-33-23(30)15-4-9-19(26)21(11-15)29(31)32)12-24(2,3)13-22(18)28(14)17-7-5-16(25)6-8-17/h4-11H,12-13H2,1-3H3/b27-20+. The molecule has 1 aliphatic carbocycles. The fourth-order valence-corrected chi connectivity index (χ4v) is 4.45. The van der Waals surface area contributed by atoms with Gasteiger partial charge in [-0.3, -0.25) is 10.1 Å². The number of aromatic nitrogens is 1. The number of nitrogens with zero attached hydrogens (tertiary/aromatic N) is 3. The lowest BCUT2D eigenvalue weighted by Gasteiger charge is -2.31. The summed E-state index contributed by atoms with van der Waals surface area (Å²) in [7, 11) is 0. The molecule has 4 rings (SSSR count). The fraction of sp³-hybridized carbons (Fsp3) is 0.250. The molecule has 33 heavy (non-hydrogen) atoms. The van der Waals surface area contributed by atoms with Gasteiger partial charge in [0.1, 0.15) is 5.02 Å². The molecular formula is C24H21Cl2N3O4. The van der Waals surface area contributed by atoms with E-state index in [2.05, 4.69) is 23.6 Å². The second-order valence-corrected chi connectivity index (χ2v) is 9.66. The molecule has 2 aromatic carbocycles. The first-order chi connectivity index (χ1) is 15.6. The molecule has 0 saturated carbocycles. The number of benzene rings is 2. The van der Waals surface area contributed by atoms with E-state index in [1.807, 2.05) is 37.3 Å². The maximum absolute atomic E-state index is 12.6. The van der Waals surface area contributed by atoms with E-state index in [0.29, 0.717) is 17.2 Å². The third-order valence-corrected chi connectivity index (χ3v) is 6.16. The van der Waals surface area contributed by atoms with Crippen LogP contribution >= 0.6 is 23.2 Å². The van der Waals surface area contributed by atoms with Gasteiger partial charge in [-0.2, -0.15) is 0 Å². The van der Waals surface area contributed by atoms with E-state index in [1.54, 1.807) is 0 Å². The summed E-state index contributed by atoms with van der Waals surface area (Å²) in [6.07, 6.45) is 1.42. The second-order valence-electron chi connectivity index (χ2n) is 8.82. The van der Waals surface area contributed by atoms with Gasteiger partial charge in [-0.25, -0.2) is 4.79 Å². The third-order valence-electron chi connectivity index (χ3n) is 5.59. The zero-order valence-corrected chi connectivity index (χ0v) is 19.8. The van der Waals surface area contributed by atoms with Crippen molar-refractivity contribution in [1.29, 1.82) is 0 Å². The van der Waals surface area contributed by atoms with E-state index in [1.165, 1.54) is 12.1 Å². The molecule has 0 amide bonds. The van der Waals surface area contributed by atoms with Crippen LogP contribution in [-0.4, -0.2) is 21.2 Å². The van der Waals surface area contributed by atoms with Crippen LogP contribution in [0.2, 0.25) is 10.0 Å². The average molecular weight is 486 g/mol. The van der Waals surface area contributed by atoms with Crippen molar-refractivity contribution >= 4 is 40.6 Å². The van der Waals surface area contributed by atoms with Crippen LogP contribution in [0.5, 0.6) is 0 Å². The molecule has 3 aromatic rings. The number of hydrogen-bond acceptors (Lipinski definition) is 5. The van der Waals surface area contributed by atoms with E-state index >= 15 is 0 Å². The van der Waals surface area contributed by atoms with Crippen LogP contribution < -0.4 is 0 Å². The number of hydrogen-bond donors (Lipinski definition) is 0. The minimum Gasteiger partial charge on any atom is -0.318 e. The van der Waals surface area contributed by atoms with Gasteiger partial charge in [-0.05, 0) is 67.6 Å². The van der Waals surface area contributed by atoms with Crippen LogP contribution in [0.15, 0.2) is 53.7 Å². The minimum atomic E-state index is -0.791. The zero-order chi connectivity index (χ0) is 23.9. The fourth-order valence-electron chi connectivity index (χ4n) is 4.14. The van der Waals surface area contributed by atoms with Crippen LogP contribution in [0.4, 0.5) is 5.69 Å². The Hall–Kier alpha value is -3.16. The largest absolute Gasteiger partial charge is 0.365 e. The summed E-state index contributed by atoms with van der Waals surface area (Å²) in [5.41, 5.74) is 4.16. The highest BCUT2D eigenvalue weighted by Gasteiger charge is 2.34. The van der Waals surface area contributed by atoms with E-state index in [0.717, 1.165) is 35.1 Å². The number of oxime groups is 1. The first kappa shape index (κ1) is 23.0. The molecule has 0 bridgehead atoms. The Morgan fingerprint density at radius 3 is 2.48 bits per heavy atom. The van der Waals surface area contributed by atoms with Gasteiger partial charge in [-0.15, -0.1) is 0 Å². The SMILES string of the molecule is Cc1cc2c(n1-c1ccc(Cl)cc1)CC(C)(C)C/C2=N\OC(=O)c1ccc(Cl)c([N+](=O)[O-])c1. The van der Waals surface area contributed by atoms with Crippen LogP contribution in [0.1, 0.15) is 47.6 Å². The van der Waals surface area contributed by atoms with Gasteiger partial charge < -0.3 is 9.40 Å². The van der Waals surface area contributed by atoms with Crippen molar-refractivity contribution in [3.63, 3.8) is 0 Å². The molecule has 0 N–H and O–H groups in total. The summed E-state index contributed by atoms with van der Waals surface area (Å²) in [5.74, 6) is -0.791. The smallest absolute Gasteiger partial charge is 0.318 e. The number of rotatable bonds is 4. The zero-order valence-electron chi connectivity index (χ0n) is 18.3. The van der Waals surface area contributed by atoms with Crippen molar-refractivity contribution in [2.45, 2.75) is 33.6 Å². The first-order valence-electron chi connectivity index (χ1n) is 10.3. The first-order valence-corrected chi connectivity index (χ1v) is 11.0. The molecule has 0 fully saturated rings. The molecule has 0 saturated heterocycles. The highest BCUT2D eigenvalue weighted by atomic mass is 35.5. The lowest BCUT2D eigenvalue weighted by Crippen LogP contribution is -2.28. The predicted octanol–water partition coefficient (Wildman–Crippen LogP) is 6.53. The lowest BCUT2D eigenvalue weighted by molar-refractivity contribution is -0.384. The molecule has 0 atom stereocenters. The number of carbonyl (C=O) groups excluding carboxylic acids is 1. The number of fused-ring (bicyclic) bond motifs is 1. The Kier molecular flexibility index (Phi) is 6.03. The Bertz CT molecular complexity index is 1290. The summed E-state index contributed by atoms with van der Waals surface area (Å²) >= 11 is 11.9. The van der Waals surface area contributed by atoms with Gasteiger partial charge in [0.2, 0.25) is 0 Å². The van der Waals surface area contributed by atoms with Crippen LogP contribution in [0, 0.1) is 22.5 Å². The Balaban J connectivity index is 1.69. The van der Waals surface area contributed by atoms with Crippen molar-refractivity contribution in [3.8, 4) is 5.69 Å². The highest BCUT2D eigenvalue weighted by molar-refractivity contribution is 6.32. The van der Waals surface area contributed by atoms with Gasteiger partial charge in [0.05, 0.1) is 16.2 Å². The third kappa shape index (κ3) is 4.65. The molecule has 0 unspecified atom stereocenters. The van der Waals surface area contributed by atoms with Gasteiger partial charge in [0, 0.05) is 33.7 Å². The van der Waals surface area contributed by atoms with Crippen molar-refractivity contribution < 1.29 is 14.6 Å². The van der Waals surface area contributed by atoms with E-state index in [9.17, 15) is 14.9 Å². The molecule has 0 aliphatic heterocycles. The summed E-state index contributed by atoms with van der Waals surface area (Å²) in [6.45, 7) is 6.27. The normalized spacial score (nSPS) is 15.8. The second kappa shape index (κ2) is 8.65. The highest BCUT2D eigenvalue weighted by Crippen LogP contribution is 2.38. The Labute approximate surface area is 200 Å². The maximum Gasteiger partial charge on any atom is 0.365 e. The molecule has 0 radical (unpaired) electrons. The van der Waals surface area contributed by atoms with Gasteiger partial charge in [0.25, 0.3) is 5.69 Å². The maximum atomic E-state index is 12.6. The number of aryl methyl sites for hydroxylation is 1. The average Bonchev–Trinajstić information content (AvgIpc) is 3.07. The Morgan fingerprint density at radius 1 is 1.12 bits per heavy atom. The number of nitro benzene ring substituents is 1. The summed E-state index contributed by atoms with van der Waals surface area (Å²) in [4.78, 5) is 28.2.